The van der Waals surface area contributed by atoms with Gasteiger partial charge in [0.25, 0.3) is 0 Å². The van der Waals surface area contributed by atoms with Crippen LogP contribution in [0, 0.1) is 5.92 Å². The summed E-state index contributed by atoms with van der Waals surface area (Å²) in [4.78, 5) is 4.53. The fraction of sp³-hybridized carbons (Fsp3) is 0.104. The minimum absolute atomic E-state index is 0.150. The molecule has 3 atom stereocenters. The highest BCUT2D eigenvalue weighted by Crippen LogP contribution is 2.61. The quantitative estimate of drug-likeness (QED) is 0.185. The number of rotatable bonds is 4. The molecule has 0 N–H and O–H groups in total. The van der Waals surface area contributed by atoms with Crippen LogP contribution in [0.25, 0.3) is 55.0 Å². The van der Waals surface area contributed by atoms with Gasteiger partial charge in [0, 0.05) is 57.2 Å². The molecular weight excluding hydrogens is 619 g/mol. The molecule has 3 aromatic heterocycles. The van der Waals surface area contributed by atoms with Crippen LogP contribution in [0.4, 0.5) is 0 Å². The number of pyridine rings is 1. The minimum Gasteiger partial charge on any atom is -0.310 e. The van der Waals surface area contributed by atoms with Crippen molar-refractivity contribution >= 4 is 49.3 Å². The average molecular weight is 654 g/mol. The summed E-state index contributed by atoms with van der Waals surface area (Å²) >= 11 is 0. The number of aromatic nitrogens is 3. The second-order valence-corrected chi connectivity index (χ2v) is 14.2. The lowest BCUT2D eigenvalue weighted by Gasteiger charge is -2.40. The van der Waals surface area contributed by atoms with Gasteiger partial charge in [-0.1, -0.05) is 109 Å². The van der Waals surface area contributed by atoms with Gasteiger partial charge in [0.2, 0.25) is 0 Å². The van der Waals surface area contributed by atoms with Crippen molar-refractivity contribution in [1.82, 2.24) is 14.1 Å². The SMILES string of the molecule is C1=CC(C2(c3ccncc3)c3cc(-n4c5ccccc5c5ccccc54)ccc3C3C=CC(n4c5ccccc5c5ccccc54)=CC32)=CCC1. The van der Waals surface area contributed by atoms with E-state index in [-0.39, 0.29) is 11.8 Å². The first-order chi connectivity index (χ1) is 25.3. The lowest BCUT2D eigenvalue weighted by atomic mass is 9.62. The van der Waals surface area contributed by atoms with Gasteiger partial charge >= 0.3 is 0 Å². The molecule has 5 aromatic carbocycles. The van der Waals surface area contributed by atoms with E-state index in [0.717, 1.165) is 12.8 Å². The summed E-state index contributed by atoms with van der Waals surface area (Å²) in [6.45, 7) is 0. The van der Waals surface area contributed by atoms with E-state index in [1.54, 1.807) is 0 Å². The van der Waals surface area contributed by atoms with Crippen LogP contribution in [0.15, 0.2) is 182 Å². The lowest BCUT2D eigenvalue weighted by molar-refractivity contribution is 0.453. The highest BCUT2D eigenvalue weighted by molar-refractivity contribution is 6.11. The zero-order valence-electron chi connectivity index (χ0n) is 28.2. The molecule has 0 spiro atoms. The van der Waals surface area contributed by atoms with Gasteiger partial charge in [0.15, 0.2) is 0 Å². The van der Waals surface area contributed by atoms with Gasteiger partial charge in [-0.2, -0.15) is 0 Å². The normalized spacial score (nSPS) is 20.9. The Kier molecular flexibility index (Phi) is 6.12. The number of benzene rings is 5. The second-order valence-electron chi connectivity index (χ2n) is 14.2. The topological polar surface area (TPSA) is 22.8 Å². The van der Waals surface area contributed by atoms with Crippen molar-refractivity contribution in [3.05, 3.63) is 199 Å². The summed E-state index contributed by atoms with van der Waals surface area (Å²) in [6, 6.07) is 47.1. The molecule has 0 fully saturated rings. The van der Waals surface area contributed by atoms with Crippen molar-refractivity contribution in [3.8, 4) is 5.69 Å². The molecule has 0 saturated heterocycles. The molecule has 3 aliphatic rings. The Balaban J connectivity index is 1.21. The van der Waals surface area contributed by atoms with E-state index >= 15 is 0 Å². The standard InChI is InChI=1S/C48H35N3/c1-2-12-32(13-3-1)48(33-26-28-49-29-27-33)42-30-34(50-44-18-8-4-14-38(44)39-15-5-9-19-45(39)50)22-24-36(42)37-25-23-35(31-43(37)48)51-46-20-10-6-16-40(46)41-17-7-11-21-47(41)51/h2,4-31,36,42H,1,3H2. The number of hydrogen-bond acceptors (Lipinski definition) is 1. The van der Waals surface area contributed by atoms with Gasteiger partial charge in [-0.15, -0.1) is 0 Å². The molecule has 0 bridgehead atoms. The molecule has 11 rings (SSSR count). The first-order valence-electron chi connectivity index (χ1n) is 18.1. The molecule has 3 heteroatoms. The largest absolute Gasteiger partial charge is 0.310 e. The average Bonchev–Trinajstić information content (AvgIpc) is 3.82. The Hall–Kier alpha value is -6.19. The highest BCUT2D eigenvalue weighted by atomic mass is 15.0. The van der Waals surface area contributed by atoms with Crippen molar-refractivity contribution < 1.29 is 0 Å². The Labute approximate surface area is 296 Å². The second kappa shape index (κ2) is 10.9. The highest BCUT2D eigenvalue weighted by Gasteiger charge is 2.54. The lowest BCUT2D eigenvalue weighted by Crippen LogP contribution is -2.36. The smallest absolute Gasteiger partial charge is 0.0541 e. The van der Waals surface area contributed by atoms with Crippen LogP contribution in [0.2, 0.25) is 0 Å². The zero-order chi connectivity index (χ0) is 33.5. The number of nitrogens with zero attached hydrogens (tertiary/aromatic N) is 3. The van der Waals surface area contributed by atoms with Crippen molar-refractivity contribution in [2.45, 2.75) is 24.2 Å². The molecule has 0 radical (unpaired) electrons. The zero-order valence-corrected chi connectivity index (χ0v) is 28.2. The van der Waals surface area contributed by atoms with E-state index in [1.807, 2.05) is 12.4 Å². The first-order valence-corrected chi connectivity index (χ1v) is 18.1. The summed E-state index contributed by atoms with van der Waals surface area (Å²) < 4.78 is 4.94. The maximum atomic E-state index is 4.53. The van der Waals surface area contributed by atoms with Crippen molar-refractivity contribution in [3.63, 3.8) is 0 Å². The molecule has 3 aliphatic carbocycles. The van der Waals surface area contributed by atoms with Crippen LogP contribution >= 0.6 is 0 Å². The van der Waals surface area contributed by atoms with E-state index in [2.05, 4.69) is 178 Å². The van der Waals surface area contributed by atoms with Gasteiger partial charge < -0.3 is 9.13 Å². The number of allylic oxidation sites excluding steroid dienone is 8. The van der Waals surface area contributed by atoms with Crippen LogP contribution in [-0.2, 0) is 5.41 Å². The summed E-state index contributed by atoms with van der Waals surface area (Å²) in [5, 5.41) is 5.13. The number of fused-ring (bicyclic) bond motifs is 9. The Morgan fingerprint density at radius 2 is 1.18 bits per heavy atom. The van der Waals surface area contributed by atoms with Crippen LogP contribution in [0.1, 0.15) is 35.4 Å². The molecular formula is C48H35N3. The van der Waals surface area contributed by atoms with E-state index in [1.165, 1.54) is 77.3 Å². The fourth-order valence-corrected chi connectivity index (χ4v) is 9.79. The van der Waals surface area contributed by atoms with Gasteiger partial charge in [-0.25, -0.2) is 0 Å². The van der Waals surface area contributed by atoms with Crippen LogP contribution in [0.3, 0.4) is 0 Å². The summed E-state index contributed by atoms with van der Waals surface area (Å²) in [6.07, 6.45) is 20.8. The Bertz CT molecular complexity index is 2720. The van der Waals surface area contributed by atoms with Gasteiger partial charge in [0.05, 0.1) is 27.5 Å². The number of hydrogen-bond donors (Lipinski definition) is 0. The fourth-order valence-electron chi connectivity index (χ4n) is 9.79. The van der Waals surface area contributed by atoms with Crippen molar-refractivity contribution in [2.24, 2.45) is 5.92 Å². The molecule has 0 saturated carbocycles. The van der Waals surface area contributed by atoms with E-state index in [4.69, 9.17) is 0 Å². The molecule has 242 valence electrons. The Morgan fingerprint density at radius 1 is 0.588 bits per heavy atom. The molecule has 3 nitrogen and oxygen atoms in total. The predicted octanol–water partition coefficient (Wildman–Crippen LogP) is 11.7. The number of para-hydroxylation sites is 4. The maximum absolute atomic E-state index is 4.53. The van der Waals surface area contributed by atoms with Crippen molar-refractivity contribution in [1.29, 1.82) is 0 Å². The molecule has 3 heterocycles. The summed E-state index contributed by atoms with van der Waals surface area (Å²) in [5.74, 6) is 0.366. The maximum Gasteiger partial charge on any atom is 0.0541 e. The van der Waals surface area contributed by atoms with Gasteiger partial charge in [-0.05, 0) is 89.7 Å². The molecule has 3 unspecified atom stereocenters. The molecule has 8 aromatic rings. The third kappa shape index (κ3) is 3.92. The first kappa shape index (κ1) is 28.6. The van der Waals surface area contributed by atoms with Crippen LogP contribution in [-0.4, -0.2) is 14.1 Å². The van der Waals surface area contributed by atoms with E-state index in [0.29, 0.717) is 0 Å². The predicted molar refractivity (Wildman–Crippen MR) is 211 cm³/mol. The molecule has 0 aliphatic heterocycles. The summed E-state index contributed by atoms with van der Waals surface area (Å²) in [7, 11) is 0. The molecule has 0 amide bonds. The minimum atomic E-state index is -0.413. The summed E-state index contributed by atoms with van der Waals surface area (Å²) in [5.41, 5.74) is 12.4. The van der Waals surface area contributed by atoms with Gasteiger partial charge in [0.1, 0.15) is 0 Å². The Morgan fingerprint density at radius 3 is 1.76 bits per heavy atom. The van der Waals surface area contributed by atoms with Crippen LogP contribution in [0.5, 0.6) is 0 Å². The van der Waals surface area contributed by atoms with E-state index < -0.39 is 5.41 Å². The monoisotopic (exact) mass is 653 g/mol. The third-order valence-corrected chi connectivity index (χ3v) is 11.8. The third-order valence-electron chi connectivity index (χ3n) is 11.8. The van der Waals surface area contributed by atoms with Gasteiger partial charge in [-0.3, -0.25) is 4.98 Å². The van der Waals surface area contributed by atoms with Crippen molar-refractivity contribution in [2.75, 3.05) is 0 Å². The van der Waals surface area contributed by atoms with E-state index in [9.17, 15) is 0 Å². The molecule has 51 heavy (non-hydrogen) atoms. The van der Waals surface area contributed by atoms with Crippen LogP contribution < -0.4 is 0 Å².